The molecular formula is C30H39ClN8O. The lowest BCUT2D eigenvalue weighted by Gasteiger charge is -2.38. The zero-order chi connectivity index (χ0) is 28.0. The minimum atomic E-state index is -0.373. The van der Waals surface area contributed by atoms with Crippen LogP contribution in [0.3, 0.4) is 0 Å². The molecule has 0 aromatic carbocycles. The van der Waals surface area contributed by atoms with Crippen molar-refractivity contribution in [3.05, 3.63) is 40.0 Å². The van der Waals surface area contributed by atoms with Crippen LogP contribution in [0.15, 0.2) is 29.3 Å². The number of hydrogen-bond donors (Lipinski definition) is 2. The van der Waals surface area contributed by atoms with Gasteiger partial charge >= 0.3 is 5.69 Å². The third kappa shape index (κ3) is 5.04. The summed E-state index contributed by atoms with van der Waals surface area (Å²) in [5, 5.41) is 7.17. The van der Waals surface area contributed by atoms with Crippen molar-refractivity contribution in [2.45, 2.75) is 85.2 Å². The maximum Gasteiger partial charge on any atom is 0.340 e. The highest BCUT2D eigenvalue weighted by Gasteiger charge is 2.39. The van der Waals surface area contributed by atoms with Gasteiger partial charge in [-0.3, -0.25) is 9.97 Å². The van der Waals surface area contributed by atoms with E-state index in [1.54, 1.807) is 12.4 Å². The lowest BCUT2D eigenvalue weighted by Crippen LogP contribution is -2.42. The van der Waals surface area contributed by atoms with Gasteiger partial charge < -0.3 is 9.47 Å². The van der Waals surface area contributed by atoms with Crippen molar-refractivity contribution in [1.82, 2.24) is 34.7 Å². The van der Waals surface area contributed by atoms with Crippen LogP contribution in [0.25, 0.3) is 33.8 Å². The number of imidazole rings is 1. The Labute approximate surface area is 239 Å². The Kier molecular flexibility index (Phi) is 7.19. The van der Waals surface area contributed by atoms with Gasteiger partial charge in [0.25, 0.3) is 0 Å². The predicted molar refractivity (Wildman–Crippen MR) is 160 cm³/mol. The van der Waals surface area contributed by atoms with Crippen molar-refractivity contribution in [1.29, 1.82) is 0 Å². The van der Waals surface area contributed by atoms with Crippen LogP contribution in [0.4, 0.5) is 5.95 Å². The molecule has 1 atom stereocenters. The third-order valence-electron chi connectivity index (χ3n) is 9.33. The van der Waals surface area contributed by atoms with E-state index in [1.165, 1.54) is 25.7 Å². The number of rotatable bonds is 7. The molecule has 1 aliphatic heterocycles. The molecule has 0 spiro atoms. The number of anilines is 1. The van der Waals surface area contributed by atoms with Crippen LogP contribution >= 0.6 is 11.6 Å². The second-order valence-corrected chi connectivity index (χ2v) is 12.9. The van der Waals surface area contributed by atoms with E-state index in [0.717, 1.165) is 66.5 Å². The highest BCUT2D eigenvalue weighted by molar-refractivity contribution is 6.30. The Bertz CT molecular complexity index is 1560. The third-order valence-corrected chi connectivity index (χ3v) is 9.53. The second-order valence-electron chi connectivity index (χ2n) is 12.5. The normalized spacial score (nSPS) is 21.9. The summed E-state index contributed by atoms with van der Waals surface area (Å²) in [6.45, 7) is 11.3. The molecule has 6 rings (SSSR count). The zero-order valence-electron chi connectivity index (χ0n) is 23.9. The van der Waals surface area contributed by atoms with E-state index in [2.05, 4.69) is 57.3 Å². The number of aromatic nitrogens is 7. The summed E-state index contributed by atoms with van der Waals surface area (Å²) in [5.41, 5.74) is 3.73. The molecule has 40 heavy (non-hydrogen) atoms. The SMILES string of the molecule is CCC(C)(C)C1CCCN1c1nc2cc(-c3n[nH]c(=O)[nH]3)nc(-c3cncc(Cl)c3)c2n1CC1CCC(C)CC1. The Hall–Kier alpha value is -3.20. The van der Waals surface area contributed by atoms with E-state index < -0.39 is 0 Å². The lowest BCUT2D eigenvalue weighted by molar-refractivity contribution is 0.260. The molecule has 4 aromatic heterocycles. The first-order valence-corrected chi connectivity index (χ1v) is 15.0. The van der Waals surface area contributed by atoms with Gasteiger partial charge in [0.15, 0.2) is 5.82 Å². The molecule has 1 aliphatic carbocycles. The first kappa shape index (κ1) is 27.0. The quantitative estimate of drug-likeness (QED) is 0.268. The molecule has 9 nitrogen and oxygen atoms in total. The van der Waals surface area contributed by atoms with Gasteiger partial charge in [-0.05, 0) is 61.5 Å². The first-order valence-electron chi connectivity index (χ1n) is 14.7. The number of nitrogens with zero attached hydrogens (tertiary/aromatic N) is 6. The molecule has 0 radical (unpaired) electrons. The predicted octanol–water partition coefficient (Wildman–Crippen LogP) is 6.46. The number of fused-ring (bicyclic) bond motifs is 1. The van der Waals surface area contributed by atoms with E-state index in [0.29, 0.717) is 28.5 Å². The Morgan fingerprint density at radius 1 is 1.10 bits per heavy atom. The molecule has 4 aromatic rings. The monoisotopic (exact) mass is 562 g/mol. The molecule has 1 saturated heterocycles. The second kappa shape index (κ2) is 10.7. The average molecular weight is 563 g/mol. The Morgan fingerprint density at radius 3 is 2.60 bits per heavy atom. The molecule has 2 N–H and O–H groups in total. The summed E-state index contributed by atoms with van der Waals surface area (Å²) in [7, 11) is 0. The molecule has 0 amide bonds. The average Bonchev–Trinajstić information content (AvgIpc) is 3.68. The topological polar surface area (TPSA) is 108 Å². The van der Waals surface area contributed by atoms with Crippen molar-refractivity contribution in [2.24, 2.45) is 17.3 Å². The molecule has 212 valence electrons. The van der Waals surface area contributed by atoms with Crippen molar-refractivity contribution < 1.29 is 0 Å². The highest BCUT2D eigenvalue weighted by atomic mass is 35.5. The van der Waals surface area contributed by atoms with Crippen molar-refractivity contribution in [3.8, 4) is 22.8 Å². The lowest BCUT2D eigenvalue weighted by atomic mass is 9.80. The van der Waals surface area contributed by atoms with Crippen LogP contribution in [0.2, 0.25) is 5.02 Å². The van der Waals surface area contributed by atoms with Crippen molar-refractivity contribution in [2.75, 3.05) is 11.4 Å². The Morgan fingerprint density at radius 2 is 1.90 bits per heavy atom. The van der Waals surface area contributed by atoms with Crippen molar-refractivity contribution in [3.63, 3.8) is 0 Å². The first-order chi connectivity index (χ1) is 19.2. The smallest absolute Gasteiger partial charge is 0.339 e. The van der Waals surface area contributed by atoms with Gasteiger partial charge in [-0.25, -0.2) is 19.9 Å². The van der Waals surface area contributed by atoms with E-state index in [-0.39, 0.29) is 11.1 Å². The highest BCUT2D eigenvalue weighted by Crippen LogP contribution is 2.42. The molecule has 2 fully saturated rings. The van der Waals surface area contributed by atoms with Crippen LogP contribution in [-0.2, 0) is 6.54 Å². The van der Waals surface area contributed by atoms with Crippen LogP contribution < -0.4 is 10.6 Å². The van der Waals surface area contributed by atoms with E-state index in [9.17, 15) is 4.79 Å². The largest absolute Gasteiger partial charge is 0.340 e. The summed E-state index contributed by atoms with van der Waals surface area (Å²) in [4.78, 5) is 32.0. The fourth-order valence-corrected chi connectivity index (χ4v) is 6.79. The van der Waals surface area contributed by atoms with Crippen molar-refractivity contribution >= 4 is 28.6 Å². The number of hydrogen-bond acceptors (Lipinski definition) is 6. The molecule has 1 unspecified atom stereocenters. The van der Waals surface area contributed by atoms with Gasteiger partial charge in [0.2, 0.25) is 5.95 Å². The van der Waals surface area contributed by atoms with Gasteiger partial charge in [0, 0.05) is 37.1 Å². The number of halogens is 1. The summed E-state index contributed by atoms with van der Waals surface area (Å²) in [6, 6.07) is 4.25. The maximum atomic E-state index is 11.9. The fraction of sp³-hybridized carbons (Fsp3) is 0.567. The van der Waals surface area contributed by atoms with Gasteiger partial charge in [-0.2, -0.15) is 5.10 Å². The summed E-state index contributed by atoms with van der Waals surface area (Å²) < 4.78 is 2.43. The number of aromatic amines is 2. The van der Waals surface area contributed by atoms with Gasteiger partial charge in [0.05, 0.1) is 21.7 Å². The van der Waals surface area contributed by atoms with E-state index >= 15 is 0 Å². The summed E-state index contributed by atoms with van der Waals surface area (Å²) in [5.74, 6) is 2.77. The molecular weight excluding hydrogens is 524 g/mol. The number of nitrogens with one attached hydrogen (secondary N) is 2. The van der Waals surface area contributed by atoms with Gasteiger partial charge in [0.1, 0.15) is 5.69 Å². The standard InChI is InChI=1S/C30H39ClN8O/c1-5-30(3,4)24-7-6-12-38(24)29-34-22-14-23(27-35-28(40)37-36-27)33-25(20-13-21(31)16-32-15-20)26(22)39(29)17-19-10-8-18(2)9-11-19/h13-16,18-19,24H,5-12,17H2,1-4H3,(H2,35,36,37,40). The summed E-state index contributed by atoms with van der Waals surface area (Å²) in [6.07, 6.45) is 11.8. The van der Waals surface area contributed by atoms with E-state index in [4.69, 9.17) is 21.6 Å². The Balaban J connectivity index is 1.58. The molecule has 10 heteroatoms. The summed E-state index contributed by atoms with van der Waals surface area (Å²) >= 11 is 6.42. The number of H-pyrrole nitrogens is 2. The molecule has 2 aliphatic rings. The zero-order valence-corrected chi connectivity index (χ0v) is 24.6. The molecule has 5 heterocycles. The van der Waals surface area contributed by atoms with Crippen LogP contribution in [0.5, 0.6) is 0 Å². The minimum Gasteiger partial charge on any atom is -0.339 e. The van der Waals surface area contributed by atoms with Crippen LogP contribution in [0.1, 0.15) is 72.6 Å². The minimum absolute atomic E-state index is 0.164. The molecule has 1 saturated carbocycles. The van der Waals surface area contributed by atoms with Crippen LogP contribution in [0, 0.1) is 17.3 Å². The maximum absolute atomic E-state index is 11.9. The number of pyridine rings is 2. The van der Waals surface area contributed by atoms with Gasteiger partial charge in [-0.1, -0.05) is 52.1 Å². The fourth-order valence-electron chi connectivity index (χ4n) is 6.62. The van der Waals surface area contributed by atoms with Crippen LogP contribution in [-0.4, -0.2) is 47.3 Å². The molecule has 0 bridgehead atoms. The van der Waals surface area contributed by atoms with Gasteiger partial charge in [-0.15, -0.1) is 0 Å². The van der Waals surface area contributed by atoms with E-state index in [1.807, 2.05) is 12.1 Å².